The third-order valence-electron chi connectivity index (χ3n) is 4.21. The molecule has 16 heavy (non-hydrogen) atoms. The molecule has 0 aromatic carbocycles. The van der Waals surface area contributed by atoms with E-state index < -0.39 is 0 Å². The Bertz CT molecular complexity index is 182. The normalized spacial score (nSPS) is 27.6. The molecule has 1 saturated carbocycles. The van der Waals surface area contributed by atoms with Gasteiger partial charge in [0.1, 0.15) is 0 Å². The van der Waals surface area contributed by atoms with Crippen molar-refractivity contribution in [1.29, 1.82) is 0 Å². The first kappa shape index (κ1) is 14.0. The zero-order valence-electron chi connectivity index (χ0n) is 11.6. The first-order valence-corrected chi connectivity index (χ1v) is 7.20. The van der Waals surface area contributed by atoms with Crippen molar-refractivity contribution in [3.05, 3.63) is 0 Å². The Morgan fingerprint density at radius 3 is 2.56 bits per heavy atom. The monoisotopic (exact) mass is 226 g/mol. The van der Waals surface area contributed by atoms with Crippen LogP contribution in [0, 0.1) is 5.92 Å². The molecule has 0 spiro atoms. The average Bonchev–Trinajstić information content (AvgIpc) is 2.73. The molecule has 0 saturated heterocycles. The van der Waals surface area contributed by atoms with Gasteiger partial charge in [0, 0.05) is 18.6 Å². The summed E-state index contributed by atoms with van der Waals surface area (Å²) in [5.74, 6) is 0.883. The van der Waals surface area contributed by atoms with Crippen LogP contribution in [0.15, 0.2) is 0 Å². The maximum atomic E-state index is 3.65. The van der Waals surface area contributed by atoms with E-state index in [2.05, 4.69) is 37.9 Å². The summed E-state index contributed by atoms with van der Waals surface area (Å²) < 4.78 is 0. The van der Waals surface area contributed by atoms with Crippen LogP contribution in [0.2, 0.25) is 0 Å². The van der Waals surface area contributed by atoms with E-state index in [1.54, 1.807) is 0 Å². The van der Waals surface area contributed by atoms with Crippen LogP contribution in [0.25, 0.3) is 0 Å². The highest BCUT2D eigenvalue weighted by Gasteiger charge is 2.28. The van der Waals surface area contributed by atoms with Crippen LogP contribution in [0.1, 0.15) is 53.4 Å². The molecule has 3 atom stereocenters. The van der Waals surface area contributed by atoms with Crippen LogP contribution in [0.4, 0.5) is 0 Å². The fourth-order valence-electron chi connectivity index (χ4n) is 2.97. The molecule has 0 heterocycles. The topological polar surface area (TPSA) is 15.3 Å². The predicted octanol–water partition coefficient (Wildman–Crippen LogP) is 2.89. The summed E-state index contributed by atoms with van der Waals surface area (Å²) >= 11 is 0. The third kappa shape index (κ3) is 3.74. The van der Waals surface area contributed by atoms with Crippen molar-refractivity contribution in [3.63, 3.8) is 0 Å². The minimum Gasteiger partial charge on any atom is -0.314 e. The Hall–Kier alpha value is -0.0800. The van der Waals surface area contributed by atoms with Crippen molar-refractivity contribution < 1.29 is 0 Å². The Morgan fingerprint density at radius 1 is 1.25 bits per heavy atom. The summed E-state index contributed by atoms with van der Waals surface area (Å²) in [6, 6.07) is 1.52. The maximum Gasteiger partial charge on any atom is 0.0107 e. The van der Waals surface area contributed by atoms with E-state index >= 15 is 0 Å². The third-order valence-corrected chi connectivity index (χ3v) is 4.21. The summed E-state index contributed by atoms with van der Waals surface area (Å²) in [7, 11) is 0. The van der Waals surface area contributed by atoms with Crippen LogP contribution in [-0.2, 0) is 0 Å². The number of nitrogens with zero attached hydrogens (tertiary/aromatic N) is 1. The van der Waals surface area contributed by atoms with Crippen molar-refractivity contribution in [2.24, 2.45) is 5.92 Å². The molecule has 0 aromatic heterocycles. The second-order valence-corrected chi connectivity index (χ2v) is 5.20. The van der Waals surface area contributed by atoms with Crippen molar-refractivity contribution in [2.75, 3.05) is 19.6 Å². The van der Waals surface area contributed by atoms with Gasteiger partial charge in [-0.2, -0.15) is 0 Å². The van der Waals surface area contributed by atoms with Crippen LogP contribution >= 0.6 is 0 Å². The Kier molecular flexibility index (Phi) is 6.37. The van der Waals surface area contributed by atoms with E-state index in [9.17, 15) is 0 Å². The van der Waals surface area contributed by atoms with E-state index in [1.165, 1.54) is 38.8 Å². The molecule has 0 aromatic rings. The fraction of sp³-hybridized carbons (Fsp3) is 1.00. The van der Waals surface area contributed by atoms with E-state index in [0.717, 1.165) is 24.5 Å². The van der Waals surface area contributed by atoms with Gasteiger partial charge in [-0.05, 0) is 45.2 Å². The zero-order valence-corrected chi connectivity index (χ0v) is 11.6. The van der Waals surface area contributed by atoms with E-state index in [0.29, 0.717) is 0 Å². The first-order valence-electron chi connectivity index (χ1n) is 7.20. The van der Waals surface area contributed by atoms with Gasteiger partial charge in [-0.3, -0.25) is 0 Å². The molecule has 2 nitrogen and oxygen atoms in total. The van der Waals surface area contributed by atoms with Crippen LogP contribution in [0.5, 0.6) is 0 Å². The summed E-state index contributed by atoms with van der Waals surface area (Å²) in [5.41, 5.74) is 0. The van der Waals surface area contributed by atoms with Crippen molar-refractivity contribution in [3.8, 4) is 0 Å². The van der Waals surface area contributed by atoms with Gasteiger partial charge in [0.15, 0.2) is 0 Å². The molecule has 1 aliphatic rings. The number of nitrogens with one attached hydrogen (secondary N) is 1. The standard InChI is InChI=1S/C14H30N2/c1-5-12(4)16(7-3)11-13-9-8-10-14(13)15-6-2/h12-15H,5-11H2,1-4H3. The molecule has 0 aliphatic heterocycles. The zero-order chi connectivity index (χ0) is 12.0. The second-order valence-electron chi connectivity index (χ2n) is 5.20. The smallest absolute Gasteiger partial charge is 0.0107 e. The van der Waals surface area contributed by atoms with E-state index in [1.807, 2.05) is 0 Å². The number of hydrogen-bond donors (Lipinski definition) is 1. The van der Waals surface area contributed by atoms with Gasteiger partial charge in [0.25, 0.3) is 0 Å². The quantitative estimate of drug-likeness (QED) is 0.718. The largest absolute Gasteiger partial charge is 0.314 e. The Labute approximate surface area is 102 Å². The highest BCUT2D eigenvalue weighted by Crippen LogP contribution is 2.27. The van der Waals surface area contributed by atoms with E-state index in [4.69, 9.17) is 0 Å². The van der Waals surface area contributed by atoms with Gasteiger partial charge in [-0.1, -0.05) is 27.2 Å². The van der Waals surface area contributed by atoms with Crippen LogP contribution in [0.3, 0.4) is 0 Å². The molecule has 1 aliphatic carbocycles. The highest BCUT2D eigenvalue weighted by molar-refractivity contribution is 4.85. The molecule has 0 radical (unpaired) electrons. The summed E-state index contributed by atoms with van der Waals surface area (Å²) in [4.78, 5) is 2.65. The lowest BCUT2D eigenvalue weighted by Gasteiger charge is -2.32. The fourth-order valence-corrected chi connectivity index (χ4v) is 2.97. The lowest BCUT2D eigenvalue weighted by Crippen LogP contribution is -2.42. The first-order chi connectivity index (χ1) is 7.72. The Morgan fingerprint density at radius 2 is 2.00 bits per heavy atom. The number of rotatable bonds is 7. The molecule has 0 amide bonds. The van der Waals surface area contributed by atoms with Gasteiger partial charge >= 0.3 is 0 Å². The summed E-state index contributed by atoms with van der Waals surface area (Å²) in [6.07, 6.45) is 5.49. The maximum absolute atomic E-state index is 3.65. The molecule has 3 unspecified atom stereocenters. The average molecular weight is 226 g/mol. The minimum atomic E-state index is 0.743. The molecule has 96 valence electrons. The highest BCUT2D eigenvalue weighted by atomic mass is 15.2. The van der Waals surface area contributed by atoms with Crippen molar-refractivity contribution >= 4 is 0 Å². The molecule has 0 bridgehead atoms. The molecular weight excluding hydrogens is 196 g/mol. The molecule has 1 N–H and O–H groups in total. The van der Waals surface area contributed by atoms with Gasteiger partial charge in [-0.15, -0.1) is 0 Å². The van der Waals surface area contributed by atoms with Crippen molar-refractivity contribution in [1.82, 2.24) is 10.2 Å². The van der Waals surface area contributed by atoms with E-state index in [-0.39, 0.29) is 0 Å². The summed E-state index contributed by atoms with van der Waals surface area (Å²) in [6.45, 7) is 12.8. The lowest BCUT2D eigenvalue weighted by atomic mass is 10.0. The van der Waals surface area contributed by atoms with Gasteiger partial charge in [-0.25, -0.2) is 0 Å². The molecule has 1 fully saturated rings. The second kappa shape index (κ2) is 7.29. The van der Waals surface area contributed by atoms with Gasteiger partial charge < -0.3 is 10.2 Å². The molecule has 1 rings (SSSR count). The predicted molar refractivity (Wildman–Crippen MR) is 71.8 cm³/mol. The van der Waals surface area contributed by atoms with Gasteiger partial charge in [0.2, 0.25) is 0 Å². The molecular formula is C14H30N2. The number of hydrogen-bond acceptors (Lipinski definition) is 2. The van der Waals surface area contributed by atoms with Crippen LogP contribution < -0.4 is 5.32 Å². The minimum absolute atomic E-state index is 0.743. The summed E-state index contributed by atoms with van der Waals surface area (Å²) in [5, 5.41) is 3.65. The van der Waals surface area contributed by atoms with Crippen LogP contribution in [-0.4, -0.2) is 36.6 Å². The van der Waals surface area contributed by atoms with Crippen molar-refractivity contribution in [2.45, 2.75) is 65.5 Å². The lowest BCUT2D eigenvalue weighted by molar-refractivity contribution is 0.170. The SMILES string of the molecule is CCNC1CCCC1CN(CC)C(C)CC. The Balaban J connectivity index is 2.43. The van der Waals surface area contributed by atoms with Gasteiger partial charge in [0.05, 0.1) is 0 Å². The molecule has 2 heteroatoms.